The number of rotatable bonds is 3. The van der Waals surface area contributed by atoms with E-state index < -0.39 is 10.8 Å². The van der Waals surface area contributed by atoms with E-state index in [0.717, 1.165) is 0 Å². The fourth-order valence-electron chi connectivity index (χ4n) is 1.39. The van der Waals surface area contributed by atoms with Crippen molar-refractivity contribution in [3.05, 3.63) is 64.5 Å². The van der Waals surface area contributed by atoms with Gasteiger partial charge in [0, 0.05) is 24.0 Å². The van der Waals surface area contributed by atoms with Gasteiger partial charge in [-0.3, -0.25) is 19.9 Å². The molecule has 18 heavy (non-hydrogen) atoms. The highest BCUT2D eigenvalue weighted by Gasteiger charge is 2.09. The number of non-ortho nitro benzene ring substituents is 1. The van der Waals surface area contributed by atoms with Gasteiger partial charge in [-0.15, -0.1) is 0 Å². The van der Waals surface area contributed by atoms with Gasteiger partial charge in [0.1, 0.15) is 5.69 Å². The summed E-state index contributed by atoms with van der Waals surface area (Å²) in [6.07, 6.45) is 1.50. The van der Waals surface area contributed by atoms with Crippen molar-refractivity contribution in [3.63, 3.8) is 0 Å². The average molecular weight is 243 g/mol. The Morgan fingerprint density at radius 2 is 2.06 bits per heavy atom. The van der Waals surface area contributed by atoms with Crippen LogP contribution in [0.2, 0.25) is 0 Å². The number of benzene rings is 1. The number of anilines is 1. The van der Waals surface area contributed by atoms with Crippen molar-refractivity contribution >= 4 is 17.3 Å². The topological polar surface area (TPSA) is 85.1 Å². The first-order valence-corrected chi connectivity index (χ1v) is 5.13. The summed E-state index contributed by atoms with van der Waals surface area (Å²) in [4.78, 5) is 25.7. The number of nitrogens with zero attached hydrogens (tertiary/aromatic N) is 2. The van der Waals surface area contributed by atoms with Crippen LogP contribution < -0.4 is 5.32 Å². The Morgan fingerprint density at radius 3 is 2.72 bits per heavy atom. The lowest BCUT2D eigenvalue weighted by molar-refractivity contribution is -0.384. The molecule has 0 saturated carbocycles. The van der Waals surface area contributed by atoms with Crippen LogP contribution in [0, 0.1) is 10.1 Å². The second-order valence-electron chi connectivity index (χ2n) is 3.48. The molecule has 0 unspecified atom stereocenters. The largest absolute Gasteiger partial charge is 0.320 e. The lowest BCUT2D eigenvalue weighted by Gasteiger charge is -2.03. The summed E-state index contributed by atoms with van der Waals surface area (Å²) in [5, 5.41) is 13.1. The number of pyridine rings is 1. The molecule has 0 spiro atoms. The molecule has 0 aliphatic heterocycles. The molecule has 1 amide bonds. The minimum atomic E-state index is -0.517. The maximum absolute atomic E-state index is 11.8. The van der Waals surface area contributed by atoms with Crippen molar-refractivity contribution in [3.8, 4) is 0 Å². The lowest BCUT2D eigenvalue weighted by Crippen LogP contribution is -2.13. The van der Waals surface area contributed by atoms with E-state index in [1.54, 1.807) is 24.3 Å². The molecule has 6 nitrogen and oxygen atoms in total. The van der Waals surface area contributed by atoms with Crippen LogP contribution in [-0.4, -0.2) is 15.8 Å². The number of nitro groups is 1. The van der Waals surface area contributed by atoms with Gasteiger partial charge in [0.15, 0.2) is 0 Å². The third-order valence-electron chi connectivity index (χ3n) is 2.21. The van der Waals surface area contributed by atoms with Gasteiger partial charge in [-0.05, 0) is 18.2 Å². The van der Waals surface area contributed by atoms with Crippen LogP contribution in [-0.2, 0) is 0 Å². The number of hydrogen-bond acceptors (Lipinski definition) is 4. The Hall–Kier alpha value is -2.76. The molecule has 2 aromatic rings. The molecule has 6 heteroatoms. The van der Waals surface area contributed by atoms with Gasteiger partial charge >= 0.3 is 0 Å². The molecule has 90 valence electrons. The zero-order valence-electron chi connectivity index (χ0n) is 9.24. The van der Waals surface area contributed by atoms with Crippen molar-refractivity contribution in [2.45, 2.75) is 0 Å². The van der Waals surface area contributed by atoms with Gasteiger partial charge in [0.05, 0.1) is 4.92 Å². The maximum Gasteiger partial charge on any atom is 0.274 e. The quantitative estimate of drug-likeness (QED) is 0.661. The standard InChI is InChI=1S/C12H9N3O3/c16-12(11-6-1-2-7-13-11)14-9-4-3-5-10(8-9)15(17)18/h1-8H,(H,14,16). The van der Waals surface area contributed by atoms with Crippen molar-refractivity contribution in [1.29, 1.82) is 0 Å². The molecular weight excluding hydrogens is 234 g/mol. The van der Waals surface area contributed by atoms with Crippen molar-refractivity contribution in [2.24, 2.45) is 0 Å². The molecule has 1 heterocycles. The van der Waals surface area contributed by atoms with E-state index in [9.17, 15) is 14.9 Å². The number of amides is 1. The Morgan fingerprint density at radius 1 is 1.22 bits per heavy atom. The van der Waals surface area contributed by atoms with Crippen LogP contribution in [0.5, 0.6) is 0 Å². The van der Waals surface area contributed by atoms with Crippen LogP contribution >= 0.6 is 0 Å². The third-order valence-corrected chi connectivity index (χ3v) is 2.21. The zero-order chi connectivity index (χ0) is 13.0. The normalized spacial score (nSPS) is 9.78. The average Bonchev–Trinajstić information content (AvgIpc) is 2.40. The summed E-state index contributed by atoms with van der Waals surface area (Å²) >= 11 is 0. The smallest absolute Gasteiger partial charge is 0.274 e. The van der Waals surface area contributed by atoms with Gasteiger partial charge in [-0.25, -0.2) is 0 Å². The summed E-state index contributed by atoms with van der Waals surface area (Å²) in [6.45, 7) is 0. The van der Waals surface area contributed by atoms with Crippen molar-refractivity contribution < 1.29 is 9.72 Å². The number of carbonyl (C=O) groups is 1. The molecular formula is C12H9N3O3. The lowest BCUT2D eigenvalue weighted by atomic mass is 10.2. The summed E-state index contributed by atoms with van der Waals surface area (Å²) in [5.41, 5.74) is 0.540. The number of aromatic nitrogens is 1. The van der Waals surface area contributed by atoms with Crippen LogP contribution in [0.3, 0.4) is 0 Å². The highest BCUT2D eigenvalue weighted by molar-refractivity contribution is 6.02. The summed E-state index contributed by atoms with van der Waals surface area (Å²) < 4.78 is 0. The van der Waals surface area contributed by atoms with Crippen LogP contribution in [0.1, 0.15) is 10.5 Å². The van der Waals surface area contributed by atoms with Crippen LogP contribution in [0.4, 0.5) is 11.4 Å². The molecule has 0 atom stereocenters. The molecule has 0 fully saturated rings. The minimum absolute atomic E-state index is 0.0752. The van der Waals surface area contributed by atoms with E-state index in [2.05, 4.69) is 10.3 Å². The van der Waals surface area contributed by atoms with Crippen LogP contribution in [0.15, 0.2) is 48.7 Å². The van der Waals surface area contributed by atoms with Crippen molar-refractivity contribution in [1.82, 2.24) is 4.98 Å². The van der Waals surface area contributed by atoms with Gasteiger partial charge < -0.3 is 5.32 Å². The third kappa shape index (κ3) is 2.67. The Bertz CT molecular complexity index is 584. The maximum atomic E-state index is 11.8. The molecule has 0 aliphatic rings. The van der Waals surface area contributed by atoms with Crippen molar-refractivity contribution in [2.75, 3.05) is 5.32 Å². The highest BCUT2D eigenvalue weighted by Crippen LogP contribution is 2.17. The van der Waals surface area contributed by atoms with Gasteiger partial charge in [0.2, 0.25) is 0 Å². The van der Waals surface area contributed by atoms with E-state index >= 15 is 0 Å². The van der Waals surface area contributed by atoms with E-state index in [-0.39, 0.29) is 11.4 Å². The molecule has 0 aliphatic carbocycles. The Kier molecular flexibility index (Phi) is 3.29. The zero-order valence-corrected chi connectivity index (χ0v) is 9.24. The minimum Gasteiger partial charge on any atom is -0.320 e. The second-order valence-corrected chi connectivity index (χ2v) is 3.48. The number of hydrogen-bond donors (Lipinski definition) is 1. The van der Waals surface area contributed by atoms with Gasteiger partial charge in [0.25, 0.3) is 11.6 Å². The van der Waals surface area contributed by atoms with E-state index in [0.29, 0.717) is 5.69 Å². The van der Waals surface area contributed by atoms with Gasteiger partial charge in [-0.2, -0.15) is 0 Å². The first kappa shape index (κ1) is 11.7. The van der Waals surface area contributed by atoms with Gasteiger partial charge in [-0.1, -0.05) is 12.1 Å². The monoisotopic (exact) mass is 243 g/mol. The van der Waals surface area contributed by atoms with E-state index in [4.69, 9.17) is 0 Å². The molecule has 1 aromatic carbocycles. The Labute approximate surface area is 102 Å². The summed E-state index contributed by atoms with van der Waals surface area (Å²) in [6, 6.07) is 10.7. The first-order valence-electron chi connectivity index (χ1n) is 5.13. The fourth-order valence-corrected chi connectivity index (χ4v) is 1.39. The fraction of sp³-hybridized carbons (Fsp3) is 0. The molecule has 0 bridgehead atoms. The SMILES string of the molecule is O=C(Nc1cccc([N+](=O)[O-])c1)c1ccccn1. The molecule has 0 saturated heterocycles. The number of carbonyl (C=O) groups excluding carboxylic acids is 1. The second kappa shape index (κ2) is 5.05. The summed E-state index contributed by atoms with van der Waals surface area (Å²) in [7, 11) is 0. The molecule has 1 N–H and O–H groups in total. The predicted molar refractivity (Wildman–Crippen MR) is 65.3 cm³/mol. The molecule has 2 rings (SSSR count). The predicted octanol–water partition coefficient (Wildman–Crippen LogP) is 2.24. The summed E-state index contributed by atoms with van der Waals surface area (Å²) in [5.74, 6) is -0.406. The number of nitrogens with one attached hydrogen (secondary N) is 1. The first-order chi connectivity index (χ1) is 8.66. The highest BCUT2D eigenvalue weighted by atomic mass is 16.6. The van der Waals surface area contributed by atoms with E-state index in [1.165, 1.54) is 24.4 Å². The number of nitro benzene ring substituents is 1. The van der Waals surface area contributed by atoms with E-state index in [1.807, 2.05) is 0 Å². The molecule has 0 radical (unpaired) electrons. The van der Waals surface area contributed by atoms with Crippen LogP contribution in [0.25, 0.3) is 0 Å². The Balaban J connectivity index is 2.17. The molecule has 1 aromatic heterocycles.